The second-order valence-corrected chi connectivity index (χ2v) is 7.96. The van der Waals surface area contributed by atoms with Crippen LogP contribution >= 0.6 is 11.3 Å². The Morgan fingerprint density at radius 3 is 2.57 bits per heavy atom. The van der Waals surface area contributed by atoms with Gasteiger partial charge in [-0.25, -0.2) is 9.37 Å². The van der Waals surface area contributed by atoms with Gasteiger partial charge in [0.2, 0.25) is 5.91 Å². The topological polar surface area (TPSA) is 71.1 Å². The molecule has 0 fully saturated rings. The summed E-state index contributed by atoms with van der Waals surface area (Å²) in [5, 5.41) is 7.93. The molecule has 1 aromatic heterocycles. The summed E-state index contributed by atoms with van der Waals surface area (Å²) in [7, 11) is 0. The third-order valence-corrected chi connectivity index (χ3v) is 5.57. The van der Waals surface area contributed by atoms with E-state index in [1.165, 1.54) is 17.4 Å². The Labute approximate surface area is 179 Å². The quantitative estimate of drug-likeness (QED) is 0.543. The number of benzene rings is 2. The van der Waals surface area contributed by atoms with Gasteiger partial charge in [-0.05, 0) is 29.5 Å². The SMILES string of the molecule is CC(CC(=O)NCc1nc(C(=O)NCCc2ccccc2F)cs1)c1ccccc1. The van der Waals surface area contributed by atoms with Crippen LogP contribution < -0.4 is 10.6 Å². The molecule has 2 aromatic carbocycles. The molecule has 1 unspecified atom stereocenters. The van der Waals surface area contributed by atoms with E-state index in [9.17, 15) is 14.0 Å². The van der Waals surface area contributed by atoms with Crippen LogP contribution in [0.2, 0.25) is 0 Å². The molecule has 3 aromatic rings. The largest absolute Gasteiger partial charge is 0.350 e. The summed E-state index contributed by atoms with van der Waals surface area (Å²) in [4.78, 5) is 28.7. The van der Waals surface area contributed by atoms with Crippen LogP contribution in [0.4, 0.5) is 4.39 Å². The molecule has 1 atom stereocenters. The lowest BCUT2D eigenvalue weighted by Gasteiger charge is -2.11. The predicted molar refractivity (Wildman–Crippen MR) is 116 cm³/mol. The van der Waals surface area contributed by atoms with Crippen LogP contribution in [0.5, 0.6) is 0 Å². The van der Waals surface area contributed by atoms with E-state index in [0.717, 1.165) is 5.56 Å². The number of thiazole rings is 1. The van der Waals surface area contributed by atoms with E-state index in [2.05, 4.69) is 15.6 Å². The van der Waals surface area contributed by atoms with Gasteiger partial charge in [0.05, 0.1) is 6.54 Å². The van der Waals surface area contributed by atoms with E-state index in [4.69, 9.17) is 0 Å². The van der Waals surface area contributed by atoms with Crippen LogP contribution in [-0.2, 0) is 17.8 Å². The highest BCUT2D eigenvalue weighted by Crippen LogP contribution is 2.18. The number of carbonyl (C=O) groups is 2. The molecule has 1 heterocycles. The van der Waals surface area contributed by atoms with Crippen LogP contribution in [0.15, 0.2) is 60.0 Å². The fraction of sp³-hybridized carbons (Fsp3) is 0.261. The Bertz CT molecular complexity index is 991. The molecule has 156 valence electrons. The minimum Gasteiger partial charge on any atom is -0.350 e. The Morgan fingerprint density at radius 2 is 1.80 bits per heavy atom. The molecule has 0 radical (unpaired) electrons. The van der Waals surface area contributed by atoms with Gasteiger partial charge in [0.25, 0.3) is 5.91 Å². The van der Waals surface area contributed by atoms with Crippen molar-refractivity contribution in [3.63, 3.8) is 0 Å². The lowest BCUT2D eigenvalue weighted by atomic mass is 9.98. The van der Waals surface area contributed by atoms with Gasteiger partial charge in [0.15, 0.2) is 0 Å². The van der Waals surface area contributed by atoms with E-state index in [0.29, 0.717) is 35.7 Å². The zero-order valence-electron chi connectivity index (χ0n) is 16.7. The second-order valence-electron chi connectivity index (χ2n) is 7.02. The second kappa shape index (κ2) is 10.6. The highest BCUT2D eigenvalue weighted by Gasteiger charge is 2.13. The predicted octanol–water partition coefficient (Wildman–Crippen LogP) is 4.06. The summed E-state index contributed by atoms with van der Waals surface area (Å²) in [6.45, 7) is 2.62. The number of aromatic nitrogens is 1. The van der Waals surface area contributed by atoms with E-state index in [1.807, 2.05) is 37.3 Å². The summed E-state index contributed by atoms with van der Waals surface area (Å²) < 4.78 is 13.6. The molecule has 0 saturated carbocycles. The summed E-state index contributed by atoms with van der Waals surface area (Å²) in [5.74, 6) is -0.520. The first-order valence-corrected chi connectivity index (χ1v) is 10.7. The van der Waals surface area contributed by atoms with Gasteiger partial charge in [0.1, 0.15) is 16.5 Å². The number of nitrogens with zero attached hydrogens (tertiary/aromatic N) is 1. The van der Waals surface area contributed by atoms with E-state index in [-0.39, 0.29) is 30.1 Å². The van der Waals surface area contributed by atoms with Crippen molar-refractivity contribution in [1.29, 1.82) is 0 Å². The molecule has 5 nitrogen and oxygen atoms in total. The molecule has 0 aliphatic heterocycles. The Morgan fingerprint density at radius 1 is 1.07 bits per heavy atom. The van der Waals surface area contributed by atoms with Gasteiger partial charge >= 0.3 is 0 Å². The van der Waals surface area contributed by atoms with Gasteiger partial charge in [-0.3, -0.25) is 9.59 Å². The van der Waals surface area contributed by atoms with Gasteiger partial charge in [-0.2, -0.15) is 0 Å². The van der Waals surface area contributed by atoms with Crippen molar-refractivity contribution in [3.8, 4) is 0 Å². The average Bonchev–Trinajstić information content (AvgIpc) is 3.23. The van der Waals surface area contributed by atoms with Crippen LogP contribution in [-0.4, -0.2) is 23.3 Å². The van der Waals surface area contributed by atoms with E-state index < -0.39 is 0 Å². The zero-order valence-corrected chi connectivity index (χ0v) is 17.5. The van der Waals surface area contributed by atoms with Crippen molar-refractivity contribution < 1.29 is 14.0 Å². The average molecular weight is 426 g/mol. The highest BCUT2D eigenvalue weighted by molar-refractivity contribution is 7.09. The molecule has 0 aliphatic carbocycles. The smallest absolute Gasteiger partial charge is 0.270 e. The van der Waals surface area contributed by atoms with Gasteiger partial charge in [-0.1, -0.05) is 55.5 Å². The molecule has 2 amide bonds. The Hall–Kier alpha value is -3.06. The number of halogens is 1. The van der Waals surface area contributed by atoms with Crippen molar-refractivity contribution in [2.24, 2.45) is 0 Å². The summed E-state index contributed by atoms with van der Waals surface area (Å²) in [6.07, 6.45) is 0.795. The third-order valence-electron chi connectivity index (χ3n) is 4.72. The van der Waals surface area contributed by atoms with E-state index >= 15 is 0 Å². The summed E-state index contributed by atoms with van der Waals surface area (Å²) >= 11 is 1.32. The number of carbonyl (C=O) groups excluding carboxylic acids is 2. The van der Waals surface area contributed by atoms with Crippen LogP contribution in [0.1, 0.15) is 45.9 Å². The van der Waals surface area contributed by atoms with Crippen LogP contribution in [0.25, 0.3) is 0 Å². The molecule has 2 N–H and O–H groups in total. The van der Waals surface area contributed by atoms with Crippen molar-refractivity contribution >= 4 is 23.2 Å². The lowest BCUT2D eigenvalue weighted by molar-refractivity contribution is -0.121. The summed E-state index contributed by atoms with van der Waals surface area (Å²) in [5.41, 5.74) is 1.98. The highest BCUT2D eigenvalue weighted by atomic mass is 32.1. The lowest BCUT2D eigenvalue weighted by Crippen LogP contribution is -2.26. The van der Waals surface area contributed by atoms with Gasteiger partial charge < -0.3 is 10.6 Å². The Kier molecular flexibility index (Phi) is 7.68. The van der Waals surface area contributed by atoms with Crippen molar-refractivity contribution in [2.75, 3.05) is 6.54 Å². The molecule has 30 heavy (non-hydrogen) atoms. The van der Waals surface area contributed by atoms with E-state index in [1.54, 1.807) is 23.6 Å². The Balaban J connectivity index is 1.42. The first-order valence-electron chi connectivity index (χ1n) is 9.80. The van der Waals surface area contributed by atoms with Gasteiger partial charge in [-0.15, -0.1) is 11.3 Å². The molecule has 0 aliphatic rings. The minimum atomic E-state index is -0.308. The molecular formula is C23H24FN3O2S. The maximum atomic E-state index is 13.6. The maximum absolute atomic E-state index is 13.6. The fourth-order valence-corrected chi connectivity index (χ4v) is 3.74. The number of hydrogen-bond acceptors (Lipinski definition) is 4. The van der Waals surface area contributed by atoms with Crippen molar-refractivity contribution in [1.82, 2.24) is 15.6 Å². The molecule has 0 spiro atoms. The molecule has 7 heteroatoms. The fourth-order valence-electron chi connectivity index (χ4n) is 3.02. The number of amides is 2. The number of hydrogen-bond donors (Lipinski definition) is 2. The van der Waals surface area contributed by atoms with Gasteiger partial charge in [0, 0.05) is 18.3 Å². The monoisotopic (exact) mass is 425 g/mol. The molecule has 3 rings (SSSR count). The normalized spacial score (nSPS) is 11.7. The first-order chi connectivity index (χ1) is 14.5. The maximum Gasteiger partial charge on any atom is 0.270 e. The number of rotatable bonds is 9. The number of nitrogens with one attached hydrogen (secondary N) is 2. The van der Waals surface area contributed by atoms with Crippen molar-refractivity contribution in [3.05, 3.63) is 87.6 Å². The van der Waals surface area contributed by atoms with Crippen LogP contribution in [0.3, 0.4) is 0 Å². The summed E-state index contributed by atoms with van der Waals surface area (Å²) in [6, 6.07) is 16.4. The third kappa shape index (κ3) is 6.22. The van der Waals surface area contributed by atoms with Crippen molar-refractivity contribution in [2.45, 2.75) is 32.2 Å². The van der Waals surface area contributed by atoms with Crippen LogP contribution in [0, 0.1) is 5.82 Å². The first kappa shape index (κ1) is 21.6. The minimum absolute atomic E-state index is 0.0579. The standard InChI is InChI=1S/C23H24FN3O2S/c1-16(17-7-3-2-4-8-17)13-21(28)26-14-22-27-20(15-30-22)23(29)25-12-11-18-9-5-6-10-19(18)24/h2-10,15-16H,11-14H2,1H3,(H,25,29)(H,26,28). The molecular weight excluding hydrogens is 401 g/mol. The zero-order chi connectivity index (χ0) is 21.3. The molecule has 0 bridgehead atoms. The molecule has 0 saturated heterocycles.